The van der Waals surface area contributed by atoms with Crippen molar-refractivity contribution in [1.29, 1.82) is 0 Å². The molecule has 0 amide bonds. The van der Waals surface area contributed by atoms with Gasteiger partial charge in [0.1, 0.15) is 5.52 Å². The molecule has 9 heteroatoms. The van der Waals surface area contributed by atoms with Crippen LogP contribution in [0.3, 0.4) is 0 Å². The molecular formula is C24H30ClN5O3. The molecule has 0 unspecified atom stereocenters. The van der Waals surface area contributed by atoms with Gasteiger partial charge in [0, 0.05) is 56.5 Å². The molecule has 33 heavy (non-hydrogen) atoms. The monoisotopic (exact) mass is 471 g/mol. The molecule has 3 aromatic rings. The first-order valence-electron chi connectivity index (χ1n) is 11.4. The first-order valence-corrected chi connectivity index (χ1v) is 11.8. The van der Waals surface area contributed by atoms with Crippen molar-refractivity contribution in [1.82, 2.24) is 19.4 Å². The summed E-state index contributed by atoms with van der Waals surface area (Å²) in [4.78, 5) is 27.1. The number of hydrogen-bond acceptors (Lipinski definition) is 7. The standard InChI is InChI=1S/C24H30ClN5O3/c1-2-14-33-15-12-30-22-16-20(18-3-5-19(25)6-4-18)26-17-21(22)27-23(24(30)32)29-9-7-28(8-10-29)11-13-31/h3-6,16-17,31H,2,7-15H2,1H3. The fourth-order valence-electron chi connectivity index (χ4n) is 4.07. The van der Waals surface area contributed by atoms with E-state index in [0.717, 1.165) is 36.3 Å². The number of piperazine rings is 1. The molecule has 1 N–H and O–H groups in total. The van der Waals surface area contributed by atoms with E-state index in [0.29, 0.717) is 55.7 Å². The van der Waals surface area contributed by atoms with Crippen molar-refractivity contribution < 1.29 is 9.84 Å². The molecule has 1 aromatic carbocycles. The molecule has 4 rings (SSSR count). The first kappa shape index (κ1) is 23.6. The number of pyridine rings is 1. The molecule has 0 spiro atoms. The van der Waals surface area contributed by atoms with Crippen LogP contribution in [0.1, 0.15) is 13.3 Å². The summed E-state index contributed by atoms with van der Waals surface area (Å²) < 4.78 is 7.45. The summed E-state index contributed by atoms with van der Waals surface area (Å²) in [5, 5.41) is 9.85. The van der Waals surface area contributed by atoms with Crippen LogP contribution in [0.25, 0.3) is 22.3 Å². The second-order valence-electron chi connectivity index (χ2n) is 8.12. The second kappa shape index (κ2) is 11.1. The van der Waals surface area contributed by atoms with Gasteiger partial charge in [0.15, 0.2) is 5.82 Å². The molecule has 3 heterocycles. The third kappa shape index (κ3) is 5.52. The van der Waals surface area contributed by atoms with Gasteiger partial charge in [-0.25, -0.2) is 4.98 Å². The molecule has 0 aliphatic carbocycles. The van der Waals surface area contributed by atoms with Crippen molar-refractivity contribution >= 4 is 28.5 Å². The van der Waals surface area contributed by atoms with Crippen LogP contribution in [-0.4, -0.2) is 77.1 Å². The van der Waals surface area contributed by atoms with E-state index in [1.807, 2.05) is 35.2 Å². The average molecular weight is 472 g/mol. The van der Waals surface area contributed by atoms with Crippen LogP contribution in [0.2, 0.25) is 5.02 Å². The lowest BCUT2D eigenvalue weighted by molar-refractivity contribution is 0.127. The summed E-state index contributed by atoms with van der Waals surface area (Å²) in [6.45, 7) is 7.36. The van der Waals surface area contributed by atoms with Gasteiger partial charge in [-0.1, -0.05) is 30.7 Å². The van der Waals surface area contributed by atoms with Crippen molar-refractivity contribution in [3.05, 3.63) is 51.9 Å². The quantitative estimate of drug-likeness (QED) is 0.480. The third-order valence-electron chi connectivity index (χ3n) is 5.85. The number of hydrogen-bond donors (Lipinski definition) is 1. The van der Waals surface area contributed by atoms with E-state index >= 15 is 0 Å². The van der Waals surface area contributed by atoms with Crippen LogP contribution < -0.4 is 10.5 Å². The molecule has 176 valence electrons. The Morgan fingerprint density at radius 2 is 1.85 bits per heavy atom. The van der Waals surface area contributed by atoms with E-state index in [4.69, 9.17) is 21.3 Å². The van der Waals surface area contributed by atoms with Crippen LogP contribution in [0.15, 0.2) is 41.3 Å². The Kier molecular flexibility index (Phi) is 7.93. The summed E-state index contributed by atoms with van der Waals surface area (Å²) >= 11 is 6.03. The number of ether oxygens (including phenoxy) is 1. The largest absolute Gasteiger partial charge is 0.395 e. The lowest BCUT2D eigenvalue weighted by atomic mass is 10.1. The van der Waals surface area contributed by atoms with E-state index in [2.05, 4.69) is 16.8 Å². The Bertz CT molecular complexity index is 1130. The molecule has 1 aliphatic heterocycles. The van der Waals surface area contributed by atoms with Gasteiger partial charge in [-0.15, -0.1) is 0 Å². The lowest BCUT2D eigenvalue weighted by Crippen LogP contribution is -2.49. The van der Waals surface area contributed by atoms with Gasteiger partial charge in [0.05, 0.1) is 30.6 Å². The van der Waals surface area contributed by atoms with Gasteiger partial charge in [-0.3, -0.25) is 14.7 Å². The molecule has 0 atom stereocenters. The normalized spacial score (nSPS) is 14.8. The summed E-state index contributed by atoms with van der Waals surface area (Å²) in [5.74, 6) is 0.447. The van der Waals surface area contributed by atoms with Gasteiger partial charge in [-0.05, 0) is 24.6 Å². The first-order chi connectivity index (χ1) is 16.1. The van der Waals surface area contributed by atoms with Crippen molar-refractivity contribution in [3.8, 4) is 11.3 Å². The number of fused-ring (bicyclic) bond motifs is 1. The predicted molar refractivity (Wildman–Crippen MR) is 131 cm³/mol. The maximum atomic E-state index is 13.6. The highest BCUT2D eigenvalue weighted by molar-refractivity contribution is 6.30. The number of benzene rings is 1. The van der Waals surface area contributed by atoms with Gasteiger partial charge in [0.2, 0.25) is 0 Å². The highest BCUT2D eigenvalue weighted by Gasteiger charge is 2.22. The second-order valence-corrected chi connectivity index (χ2v) is 8.56. The number of β-amino-alcohol motifs (C(OH)–C–C–N with tert-alkyl or cyclic N) is 1. The third-order valence-corrected chi connectivity index (χ3v) is 6.10. The molecule has 1 fully saturated rings. The van der Waals surface area contributed by atoms with E-state index < -0.39 is 0 Å². The number of aromatic nitrogens is 3. The Morgan fingerprint density at radius 3 is 2.55 bits per heavy atom. The van der Waals surface area contributed by atoms with Gasteiger partial charge in [0.25, 0.3) is 5.56 Å². The average Bonchev–Trinajstić information content (AvgIpc) is 2.84. The molecule has 2 aromatic heterocycles. The molecule has 0 radical (unpaired) electrons. The lowest BCUT2D eigenvalue weighted by Gasteiger charge is -2.34. The number of anilines is 1. The molecule has 8 nitrogen and oxygen atoms in total. The van der Waals surface area contributed by atoms with Gasteiger partial charge in [-0.2, -0.15) is 0 Å². The zero-order valence-electron chi connectivity index (χ0n) is 18.9. The van der Waals surface area contributed by atoms with Crippen molar-refractivity contribution in [3.63, 3.8) is 0 Å². The fourth-order valence-corrected chi connectivity index (χ4v) is 4.19. The highest BCUT2D eigenvalue weighted by Crippen LogP contribution is 2.23. The van der Waals surface area contributed by atoms with Gasteiger partial charge >= 0.3 is 0 Å². The van der Waals surface area contributed by atoms with Crippen LogP contribution in [0.5, 0.6) is 0 Å². The SMILES string of the molecule is CCCOCCn1c(=O)c(N2CCN(CCO)CC2)nc2cnc(-c3ccc(Cl)cc3)cc21. The Labute approximate surface area is 198 Å². The minimum atomic E-state index is -0.119. The van der Waals surface area contributed by atoms with E-state index in [-0.39, 0.29) is 12.2 Å². The molecule has 1 saturated heterocycles. The van der Waals surface area contributed by atoms with Crippen LogP contribution >= 0.6 is 11.6 Å². The Hall–Kier alpha value is -2.52. The van der Waals surface area contributed by atoms with E-state index in [9.17, 15) is 9.90 Å². The van der Waals surface area contributed by atoms with Crippen LogP contribution in [-0.2, 0) is 11.3 Å². The van der Waals surface area contributed by atoms with Gasteiger partial charge < -0.3 is 19.3 Å². The summed E-state index contributed by atoms with van der Waals surface area (Å²) in [6, 6.07) is 9.39. The van der Waals surface area contributed by atoms with Crippen molar-refractivity contribution in [2.75, 3.05) is 57.4 Å². The maximum absolute atomic E-state index is 13.6. The predicted octanol–water partition coefficient (Wildman–Crippen LogP) is 2.65. The summed E-state index contributed by atoms with van der Waals surface area (Å²) in [5.41, 5.74) is 2.98. The van der Waals surface area contributed by atoms with Crippen molar-refractivity contribution in [2.45, 2.75) is 19.9 Å². The maximum Gasteiger partial charge on any atom is 0.294 e. The molecule has 0 bridgehead atoms. The summed E-state index contributed by atoms with van der Waals surface area (Å²) in [7, 11) is 0. The van der Waals surface area contributed by atoms with E-state index in [1.165, 1.54) is 0 Å². The number of rotatable bonds is 9. The molecule has 1 aliphatic rings. The van der Waals surface area contributed by atoms with E-state index in [1.54, 1.807) is 10.8 Å². The Morgan fingerprint density at radius 1 is 1.09 bits per heavy atom. The van der Waals surface area contributed by atoms with Crippen LogP contribution in [0.4, 0.5) is 5.82 Å². The zero-order chi connectivity index (χ0) is 23.2. The number of aliphatic hydroxyl groups excluding tert-OH is 1. The highest BCUT2D eigenvalue weighted by atomic mass is 35.5. The topological polar surface area (TPSA) is 83.7 Å². The molecular weight excluding hydrogens is 442 g/mol. The minimum Gasteiger partial charge on any atom is -0.395 e. The zero-order valence-corrected chi connectivity index (χ0v) is 19.7. The fraction of sp³-hybridized carbons (Fsp3) is 0.458. The minimum absolute atomic E-state index is 0.119. The van der Waals surface area contributed by atoms with Crippen molar-refractivity contribution in [2.24, 2.45) is 0 Å². The number of nitrogens with zero attached hydrogens (tertiary/aromatic N) is 5. The number of halogens is 1. The van der Waals surface area contributed by atoms with Crippen LogP contribution in [0, 0.1) is 0 Å². The Balaban J connectivity index is 1.71. The number of aliphatic hydroxyl groups is 1. The summed E-state index contributed by atoms with van der Waals surface area (Å²) in [6.07, 6.45) is 2.66. The molecule has 0 saturated carbocycles. The smallest absolute Gasteiger partial charge is 0.294 e.